The zero-order valence-electron chi connectivity index (χ0n) is 60.0. The third-order valence-electron chi connectivity index (χ3n) is 17.5. The molecule has 10 heterocycles. The predicted octanol–water partition coefficient (Wildman–Crippen LogP) is 13.8. The van der Waals surface area contributed by atoms with Crippen molar-refractivity contribution in [1.29, 1.82) is 0 Å². The van der Waals surface area contributed by atoms with E-state index in [1.807, 2.05) is 59.7 Å². The molecule has 12 aromatic rings. The van der Waals surface area contributed by atoms with E-state index in [-0.39, 0.29) is 36.3 Å². The van der Waals surface area contributed by atoms with E-state index < -0.39 is 17.9 Å². The van der Waals surface area contributed by atoms with Crippen LogP contribution in [0.5, 0.6) is 0 Å². The van der Waals surface area contributed by atoms with Crippen LogP contribution in [0.25, 0.3) is 32.7 Å². The van der Waals surface area contributed by atoms with Gasteiger partial charge in [0.15, 0.2) is 0 Å². The number of pyridine rings is 9. The number of nitrogens with zero attached hydrogens (tertiary/aromatic N) is 9. The van der Waals surface area contributed by atoms with Gasteiger partial charge in [-0.1, -0.05) is 42.2 Å². The number of aryl methyl sites for hydroxylation is 6. The topological polar surface area (TPSA) is 391 Å². The van der Waals surface area contributed by atoms with Gasteiger partial charge in [0, 0.05) is 156 Å². The fourth-order valence-electron chi connectivity index (χ4n) is 12.3. The number of benzene rings is 3. The fourth-order valence-corrected chi connectivity index (χ4v) is 12.8. The first kappa shape index (κ1) is 80.9. The minimum atomic E-state index is -1.08. The minimum Gasteiger partial charge on any atom is -0.478 e. The number of aromatic nitrogens is 9. The number of carboxylic acid groups (broad SMARTS) is 2. The van der Waals surface area contributed by atoms with E-state index in [1.165, 1.54) is 38.5 Å². The molecule has 0 aliphatic carbocycles. The SMILES string of the molecule is C.C1CCOC1.COC(=O)c1cc(Cc2cc(C(=O)NCc3c(C)cc(N)nc3C)ccn2)cc2cc(Cl)cnc12.Cc1cc(N)nc(C)c1CNC(=O)c1ccnc(Cc2cc(C(=O)O)c3ncc(Cl)cc3c2)c1.Cc1cc(N)nc(C)c1CNC(=O)c1ccnc(Cc2cc(C(=O)O)c3ncc(Cl)cc3c2)c1. The van der Waals surface area contributed by atoms with Crippen LogP contribution in [0.15, 0.2) is 146 Å². The summed E-state index contributed by atoms with van der Waals surface area (Å²) in [5.74, 6) is -2.03. The number of fused-ring (bicyclic) bond motifs is 3. The van der Waals surface area contributed by atoms with E-state index in [0.29, 0.717) is 143 Å². The molecule has 109 heavy (non-hydrogen) atoms. The van der Waals surface area contributed by atoms with Crippen molar-refractivity contribution in [3.63, 3.8) is 0 Å². The number of rotatable bonds is 18. The molecule has 0 spiro atoms. The molecule has 1 saturated heterocycles. The first-order chi connectivity index (χ1) is 51.7. The van der Waals surface area contributed by atoms with Crippen LogP contribution in [0.2, 0.25) is 15.1 Å². The van der Waals surface area contributed by atoms with Gasteiger partial charge in [-0.3, -0.25) is 44.3 Å². The molecular weight excluding hydrogens is 1450 g/mol. The maximum absolute atomic E-state index is 12.8. The molecule has 0 atom stereocenters. The molecule has 3 aromatic carbocycles. The van der Waals surface area contributed by atoms with Crippen molar-refractivity contribution in [2.24, 2.45) is 0 Å². The normalized spacial score (nSPS) is 11.4. The number of carbonyl (C=O) groups is 6. The van der Waals surface area contributed by atoms with Crippen molar-refractivity contribution >= 4 is 121 Å². The standard InChI is InChI=1S/C26H24ClN5O3.2C25H22ClN5O3.C4H8O.CH4/c1-14-6-23(28)32-15(2)22(14)13-31-25(33)17-4-5-29-20(11-17)8-16-7-18-10-19(27)12-30-24(18)21(9-16)26(34)35-3;2*1-13-5-22(27)31-14(2)21(13)12-30-24(32)16-3-4-28-19(10-16)7-15-6-17-9-18(26)11-29-23(17)20(8-15)25(33)34;1-2-4-5-3-1;/h4-7,9-12H,8,13H2,1-3H3,(H2,28,32)(H,31,33);2*3-6,8-11H,7,12H2,1-2H3,(H2,27,31)(H,30,32)(H,33,34);1-4H2;1H4. The van der Waals surface area contributed by atoms with Crippen LogP contribution >= 0.6 is 34.8 Å². The Morgan fingerprint density at radius 3 is 1.02 bits per heavy atom. The average molecular weight is 1530 g/mol. The Bertz CT molecular complexity index is 5180. The molecule has 13 rings (SSSR count). The molecule has 9 aromatic heterocycles. The van der Waals surface area contributed by atoms with Crippen molar-refractivity contribution in [3.8, 4) is 0 Å². The summed E-state index contributed by atoms with van der Waals surface area (Å²) in [5.41, 5.74) is 32.6. The number of esters is 1. The number of carboxylic acids is 2. The second-order valence-electron chi connectivity index (χ2n) is 25.5. The first-order valence-corrected chi connectivity index (χ1v) is 35.0. The Kier molecular flexibility index (Phi) is 27.4. The molecule has 0 unspecified atom stereocenters. The van der Waals surface area contributed by atoms with Gasteiger partial charge in [-0.05, 0) is 214 Å². The van der Waals surface area contributed by atoms with Crippen LogP contribution in [-0.2, 0) is 48.4 Å². The third-order valence-corrected chi connectivity index (χ3v) is 18.1. The lowest BCUT2D eigenvalue weighted by Gasteiger charge is -2.12. The Morgan fingerprint density at radius 2 is 0.743 bits per heavy atom. The lowest BCUT2D eigenvalue weighted by atomic mass is 10.0. The highest BCUT2D eigenvalue weighted by molar-refractivity contribution is 6.32. The van der Waals surface area contributed by atoms with Gasteiger partial charge in [-0.15, -0.1) is 0 Å². The maximum Gasteiger partial charge on any atom is 0.340 e. The number of hydrogen-bond acceptors (Lipinski definition) is 20. The highest BCUT2D eigenvalue weighted by Gasteiger charge is 2.20. The summed E-state index contributed by atoms with van der Waals surface area (Å²) in [7, 11) is 1.32. The van der Waals surface area contributed by atoms with E-state index in [0.717, 1.165) is 80.4 Å². The number of anilines is 3. The lowest BCUT2D eigenvalue weighted by Crippen LogP contribution is -2.24. The number of carbonyl (C=O) groups excluding carboxylic acids is 4. The third kappa shape index (κ3) is 21.3. The van der Waals surface area contributed by atoms with Gasteiger partial charge in [0.05, 0.1) is 55.4 Å². The van der Waals surface area contributed by atoms with Gasteiger partial charge in [0.2, 0.25) is 0 Å². The maximum atomic E-state index is 12.8. The van der Waals surface area contributed by atoms with Crippen molar-refractivity contribution in [2.45, 2.75) is 101 Å². The smallest absolute Gasteiger partial charge is 0.340 e. The molecule has 0 bridgehead atoms. The Hall–Kier alpha value is -12.2. The van der Waals surface area contributed by atoms with Crippen LogP contribution < -0.4 is 33.2 Å². The number of nitrogens with one attached hydrogen (secondary N) is 3. The molecule has 11 N–H and O–H groups in total. The Balaban J connectivity index is 0.000000181. The van der Waals surface area contributed by atoms with E-state index in [4.69, 9.17) is 61.5 Å². The van der Waals surface area contributed by atoms with Crippen LogP contribution in [0, 0.1) is 41.5 Å². The van der Waals surface area contributed by atoms with Crippen molar-refractivity contribution in [1.82, 2.24) is 60.8 Å². The second-order valence-corrected chi connectivity index (χ2v) is 26.8. The molecule has 560 valence electrons. The van der Waals surface area contributed by atoms with Crippen LogP contribution in [0.4, 0.5) is 17.5 Å². The second kappa shape index (κ2) is 36.9. The summed E-state index contributed by atoms with van der Waals surface area (Å²) in [5, 5.41) is 31.3. The number of nitrogens with two attached hydrogens (primary N) is 3. The zero-order valence-corrected chi connectivity index (χ0v) is 62.2. The summed E-state index contributed by atoms with van der Waals surface area (Å²) in [6.07, 6.45) is 12.7. The first-order valence-electron chi connectivity index (χ1n) is 33.9. The van der Waals surface area contributed by atoms with E-state index in [1.54, 1.807) is 110 Å². The van der Waals surface area contributed by atoms with Crippen molar-refractivity contribution in [3.05, 3.63) is 279 Å². The number of nitrogen functional groups attached to an aromatic ring is 3. The van der Waals surface area contributed by atoms with E-state index in [9.17, 15) is 39.0 Å². The molecule has 3 amide bonds. The highest BCUT2D eigenvalue weighted by Crippen LogP contribution is 2.29. The molecule has 1 aliphatic heterocycles. The molecule has 1 aliphatic rings. The number of ether oxygens (including phenoxy) is 2. The van der Waals surface area contributed by atoms with Gasteiger partial charge >= 0.3 is 17.9 Å². The van der Waals surface area contributed by atoms with Crippen LogP contribution in [0.3, 0.4) is 0 Å². The van der Waals surface area contributed by atoms with Crippen LogP contribution in [-0.4, -0.2) is 111 Å². The average Bonchev–Trinajstić information content (AvgIpc) is 1.10. The van der Waals surface area contributed by atoms with Gasteiger partial charge in [0.1, 0.15) is 17.5 Å². The molecule has 25 nitrogen and oxygen atoms in total. The van der Waals surface area contributed by atoms with Gasteiger partial charge < -0.3 is 52.8 Å². The number of amides is 3. The molecular formula is C81H80Cl3N15O10. The molecule has 0 saturated carbocycles. The zero-order chi connectivity index (χ0) is 77.5. The predicted molar refractivity (Wildman–Crippen MR) is 421 cm³/mol. The number of methoxy groups -OCH3 is 1. The highest BCUT2D eigenvalue weighted by atomic mass is 35.5. The van der Waals surface area contributed by atoms with Crippen molar-refractivity contribution < 1.29 is 48.5 Å². The summed E-state index contributed by atoms with van der Waals surface area (Å²) < 4.78 is 9.87. The molecule has 0 radical (unpaired) electrons. The number of hydrogen-bond donors (Lipinski definition) is 8. The van der Waals surface area contributed by atoms with E-state index in [2.05, 4.69) is 60.8 Å². The van der Waals surface area contributed by atoms with Crippen LogP contribution in [0.1, 0.15) is 167 Å². The van der Waals surface area contributed by atoms with Crippen molar-refractivity contribution in [2.75, 3.05) is 37.5 Å². The summed E-state index contributed by atoms with van der Waals surface area (Å²) in [6.45, 7) is 14.3. The number of halogens is 3. The summed E-state index contributed by atoms with van der Waals surface area (Å²) in [4.78, 5) is 113. The van der Waals surface area contributed by atoms with Gasteiger partial charge in [0.25, 0.3) is 17.7 Å². The van der Waals surface area contributed by atoms with Gasteiger partial charge in [-0.25, -0.2) is 29.3 Å². The fraction of sp³-hybridized carbons (Fsp3) is 0.222. The molecule has 1 fully saturated rings. The Morgan fingerprint density at radius 1 is 0.440 bits per heavy atom. The van der Waals surface area contributed by atoms with Gasteiger partial charge in [-0.2, -0.15) is 0 Å². The number of aromatic carboxylic acids is 2. The molecule has 28 heteroatoms. The minimum absolute atomic E-state index is 0. The summed E-state index contributed by atoms with van der Waals surface area (Å²) >= 11 is 18.2. The van der Waals surface area contributed by atoms with E-state index >= 15 is 0 Å². The largest absolute Gasteiger partial charge is 0.478 e. The summed E-state index contributed by atoms with van der Waals surface area (Å²) in [6, 6.07) is 30.9. The Labute approximate surface area is 643 Å². The monoisotopic (exact) mass is 1530 g/mol. The lowest BCUT2D eigenvalue weighted by molar-refractivity contribution is 0.0600. The quantitative estimate of drug-likeness (QED) is 0.0370.